The average molecular weight is 394 g/mol. The molecule has 2 rings (SSSR count). The Balaban J connectivity index is 2.23. The number of hydrogen-bond donors (Lipinski definition) is 0. The molecule has 1 aliphatic carbocycles. The molecule has 2 nitrogen and oxygen atoms in total. The fraction of sp³-hybridized carbons (Fsp3) is 0.667. The number of carbonyl (C=O) groups is 1. The van der Waals surface area contributed by atoms with Crippen molar-refractivity contribution in [2.75, 3.05) is 26.0 Å². The monoisotopic (exact) mass is 393 g/mol. The SMILES string of the molecule is CN(C)CCC(CCC1CCCCC1)(C(=O)CBr)c1ccccc1. The van der Waals surface area contributed by atoms with Crippen molar-refractivity contribution in [1.82, 2.24) is 4.90 Å². The van der Waals surface area contributed by atoms with E-state index in [1.807, 2.05) is 6.07 Å². The predicted molar refractivity (Wildman–Crippen MR) is 106 cm³/mol. The molecule has 1 atom stereocenters. The fourth-order valence-corrected chi connectivity index (χ4v) is 4.62. The molecule has 0 bridgehead atoms. The summed E-state index contributed by atoms with van der Waals surface area (Å²) < 4.78 is 0. The Kier molecular flexibility index (Phi) is 7.96. The third-order valence-electron chi connectivity index (χ3n) is 5.67. The van der Waals surface area contributed by atoms with Crippen LogP contribution in [0.25, 0.3) is 0 Å². The molecule has 0 saturated heterocycles. The molecule has 0 spiro atoms. The molecule has 0 heterocycles. The molecule has 1 aliphatic rings. The van der Waals surface area contributed by atoms with Gasteiger partial charge in [-0.2, -0.15) is 0 Å². The van der Waals surface area contributed by atoms with Crippen LogP contribution in [0.4, 0.5) is 0 Å². The van der Waals surface area contributed by atoms with Crippen LogP contribution in [-0.4, -0.2) is 36.7 Å². The van der Waals surface area contributed by atoms with E-state index in [9.17, 15) is 4.79 Å². The van der Waals surface area contributed by atoms with E-state index in [2.05, 4.69) is 59.2 Å². The first-order chi connectivity index (χ1) is 11.6. The molecular formula is C21H32BrNO. The number of ketones is 1. The molecule has 3 heteroatoms. The lowest BCUT2D eigenvalue weighted by atomic mass is 9.69. The van der Waals surface area contributed by atoms with Gasteiger partial charge in [0.1, 0.15) is 0 Å². The lowest BCUT2D eigenvalue weighted by Crippen LogP contribution is -2.40. The Morgan fingerprint density at radius 2 is 1.79 bits per heavy atom. The highest BCUT2D eigenvalue weighted by molar-refractivity contribution is 9.09. The van der Waals surface area contributed by atoms with Gasteiger partial charge in [0, 0.05) is 0 Å². The number of halogens is 1. The second-order valence-corrected chi connectivity index (χ2v) is 8.16. The van der Waals surface area contributed by atoms with E-state index in [-0.39, 0.29) is 5.41 Å². The van der Waals surface area contributed by atoms with Crippen molar-refractivity contribution in [2.45, 2.75) is 56.8 Å². The molecule has 0 radical (unpaired) electrons. The van der Waals surface area contributed by atoms with Gasteiger partial charge in [0.15, 0.2) is 5.78 Å². The van der Waals surface area contributed by atoms with Crippen molar-refractivity contribution < 1.29 is 4.79 Å². The Morgan fingerprint density at radius 3 is 2.38 bits per heavy atom. The molecule has 1 fully saturated rings. The zero-order valence-electron chi connectivity index (χ0n) is 15.3. The van der Waals surface area contributed by atoms with Crippen LogP contribution in [0.3, 0.4) is 0 Å². The zero-order chi connectivity index (χ0) is 17.4. The Morgan fingerprint density at radius 1 is 1.12 bits per heavy atom. The van der Waals surface area contributed by atoms with E-state index < -0.39 is 0 Å². The summed E-state index contributed by atoms with van der Waals surface area (Å²) in [7, 11) is 4.19. The van der Waals surface area contributed by atoms with Crippen LogP contribution in [0.1, 0.15) is 56.9 Å². The molecule has 24 heavy (non-hydrogen) atoms. The van der Waals surface area contributed by atoms with E-state index in [0.29, 0.717) is 11.1 Å². The van der Waals surface area contributed by atoms with Gasteiger partial charge in [0.25, 0.3) is 0 Å². The first-order valence-corrected chi connectivity index (χ1v) is 10.5. The molecule has 0 amide bonds. The Labute approximate surface area is 156 Å². The maximum absolute atomic E-state index is 13.1. The maximum atomic E-state index is 13.1. The second kappa shape index (κ2) is 9.72. The first-order valence-electron chi connectivity index (χ1n) is 9.38. The Hall–Kier alpha value is -0.670. The summed E-state index contributed by atoms with van der Waals surface area (Å²) in [5.41, 5.74) is 0.860. The minimum atomic E-state index is -0.341. The topological polar surface area (TPSA) is 20.3 Å². The van der Waals surface area contributed by atoms with Gasteiger partial charge in [0.05, 0.1) is 10.7 Å². The lowest BCUT2D eigenvalue weighted by molar-refractivity contribution is -0.122. The van der Waals surface area contributed by atoms with Crippen LogP contribution >= 0.6 is 15.9 Å². The van der Waals surface area contributed by atoms with Crippen molar-refractivity contribution in [1.29, 1.82) is 0 Å². The highest BCUT2D eigenvalue weighted by Crippen LogP contribution is 2.38. The molecule has 0 N–H and O–H groups in total. The van der Waals surface area contributed by atoms with Gasteiger partial charge >= 0.3 is 0 Å². The smallest absolute Gasteiger partial charge is 0.153 e. The highest BCUT2D eigenvalue weighted by Gasteiger charge is 2.39. The van der Waals surface area contributed by atoms with Gasteiger partial charge in [-0.1, -0.05) is 78.4 Å². The molecule has 0 aliphatic heterocycles. The average Bonchev–Trinajstić information content (AvgIpc) is 2.63. The van der Waals surface area contributed by atoms with Crippen LogP contribution in [0.15, 0.2) is 30.3 Å². The van der Waals surface area contributed by atoms with Crippen LogP contribution in [0.2, 0.25) is 0 Å². The molecule has 1 aromatic carbocycles. The number of benzene rings is 1. The quantitative estimate of drug-likeness (QED) is 0.537. The summed E-state index contributed by atoms with van der Waals surface area (Å²) in [4.78, 5) is 15.2. The third kappa shape index (κ3) is 5.16. The van der Waals surface area contributed by atoms with E-state index in [0.717, 1.165) is 25.3 Å². The van der Waals surface area contributed by atoms with E-state index >= 15 is 0 Å². The standard InChI is InChI=1S/C21H32BrNO/c1-23(2)16-15-21(20(24)17-22,19-11-7-4-8-12-19)14-13-18-9-5-3-6-10-18/h4,7-8,11-12,18H,3,5-6,9-10,13-17H2,1-2H3. The van der Waals surface area contributed by atoms with E-state index in [4.69, 9.17) is 0 Å². The maximum Gasteiger partial charge on any atom is 0.153 e. The summed E-state index contributed by atoms with van der Waals surface area (Å²) in [5.74, 6) is 1.15. The van der Waals surface area contributed by atoms with Gasteiger partial charge in [0.2, 0.25) is 0 Å². The number of rotatable bonds is 9. The number of hydrogen-bond acceptors (Lipinski definition) is 2. The molecule has 1 unspecified atom stereocenters. The first kappa shape index (κ1) is 19.7. The van der Waals surface area contributed by atoms with Crippen LogP contribution in [0, 0.1) is 5.92 Å². The van der Waals surface area contributed by atoms with E-state index in [1.54, 1.807) is 0 Å². The van der Waals surface area contributed by atoms with Crippen molar-refractivity contribution in [3.8, 4) is 0 Å². The predicted octanol–water partition coefficient (Wildman–Crippen LogP) is 5.20. The summed E-state index contributed by atoms with van der Waals surface area (Å²) in [6, 6.07) is 10.5. The van der Waals surface area contributed by atoms with Crippen LogP contribution < -0.4 is 0 Å². The van der Waals surface area contributed by atoms with Crippen LogP contribution in [-0.2, 0) is 10.2 Å². The van der Waals surface area contributed by atoms with Gasteiger partial charge < -0.3 is 4.90 Å². The molecule has 1 saturated carbocycles. The minimum absolute atomic E-state index is 0.339. The highest BCUT2D eigenvalue weighted by atomic mass is 79.9. The largest absolute Gasteiger partial charge is 0.309 e. The van der Waals surface area contributed by atoms with Gasteiger partial charge in [-0.3, -0.25) is 4.79 Å². The zero-order valence-corrected chi connectivity index (χ0v) is 16.9. The van der Waals surface area contributed by atoms with Crippen molar-refractivity contribution in [3.05, 3.63) is 35.9 Å². The van der Waals surface area contributed by atoms with Gasteiger partial charge in [-0.25, -0.2) is 0 Å². The molecular weight excluding hydrogens is 362 g/mol. The van der Waals surface area contributed by atoms with Crippen molar-refractivity contribution in [2.24, 2.45) is 5.92 Å². The fourth-order valence-electron chi connectivity index (χ4n) is 4.08. The lowest BCUT2D eigenvalue weighted by Gasteiger charge is -2.35. The van der Waals surface area contributed by atoms with Gasteiger partial charge in [-0.05, 0) is 51.4 Å². The summed E-state index contributed by atoms with van der Waals surface area (Å²) in [6.07, 6.45) is 9.89. The summed E-state index contributed by atoms with van der Waals surface area (Å²) >= 11 is 3.46. The second-order valence-electron chi connectivity index (χ2n) is 7.60. The third-order valence-corrected chi connectivity index (χ3v) is 6.18. The van der Waals surface area contributed by atoms with Crippen molar-refractivity contribution in [3.63, 3.8) is 0 Å². The summed E-state index contributed by atoms with van der Waals surface area (Å²) in [5, 5.41) is 0.444. The number of nitrogens with zero attached hydrogens (tertiary/aromatic N) is 1. The van der Waals surface area contributed by atoms with Gasteiger partial charge in [-0.15, -0.1) is 0 Å². The number of carbonyl (C=O) groups excluding carboxylic acids is 1. The minimum Gasteiger partial charge on any atom is -0.309 e. The number of alkyl halides is 1. The normalized spacial score (nSPS) is 18.5. The molecule has 0 aromatic heterocycles. The molecule has 1 aromatic rings. The summed E-state index contributed by atoms with van der Waals surface area (Å²) in [6.45, 7) is 0.943. The van der Waals surface area contributed by atoms with Crippen LogP contribution in [0.5, 0.6) is 0 Å². The Bertz CT molecular complexity index is 496. The number of Topliss-reactive ketones (excluding diaryl/α,β-unsaturated/α-hetero) is 1. The van der Waals surface area contributed by atoms with Crippen molar-refractivity contribution >= 4 is 21.7 Å². The molecule has 134 valence electrons. The van der Waals surface area contributed by atoms with E-state index in [1.165, 1.54) is 44.1 Å².